The van der Waals surface area contributed by atoms with Gasteiger partial charge in [0, 0.05) is 30.3 Å². The van der Waals surface area contributed by atoms with E-state index in [1.807, 2.05) is 32.9 Å². The van der Waals surface area contributed by atoms with Gasteiger partial charge in [0.1, 0.15) is 11.6 Å². The Bertz CT molecular complexity index is 1120. The first-order valence-electron chi connectivity index (χ1n) is 12.5. The highest BCUT2D eigenvalue weighted by atomic mass is 16.5. The van der Waals surface area contributed by atoms with E-state index in [0.717, 1.165) is 53.5 Å². The van der Waals surface area contributed by atoms with E-state index >= 15 is 0 Å². The van der Waals surface area contributed by atoms with E-state index in [2.05, 4.69) is 29.5 Å². The number of pyridine rings is 1. The van der Waals surface area contributed by atoms with E-state index in [9.17, 15) is 5.11 Å². The van der Waals surface area contributed by atoms with Crippen LogP contribution in [0.4, 0.5) is 11.8 Å². The number of ether oxygens (including phenoxy) is 1. The van der Waals surface area contributed by atoms with Crippen LogP contribution in [0.1, 0.15) is 57.8 Å². The zero-order valence-electron chi connectivity index (χ0n) is 20.9. The van der Waals surface area contributed by atoms with Crippen molar-refractivity contribution >= 4 is 22.7 Å². The molecule has 4 rings (SSSR count). The number of hydrogen-bond donors (Lipinski definition) is 3. The molecule has 1 saturated carbocycles. The Kier molecular flexibility index (Phi) is 7.56. The van der Waals surface area contributed by atoms with Crippen LogP contribution in [0.25, 0.3) is 22.3 Å². The average molecular weight is 468 g/mol. The highest BCUT2D eigenvalue weighted by Crippen LogP contribution is 2.38. The molecule has 3 N–H and O–H groups in total. The summed E-state index contributed by atoms with van der Waals surface area (Å²) in [5.74, 6) is 3.50. The molecule has 0 aromatic carbocycles. The van der Waals surface area contributed by atoms with Gasteiger partial charge in [-0.3, -0.25) is 0 Å². The molecule has 2 atom stereocenters. The van der Waals surface area contributed by atoms with Gasteiger partial charge in [0.2, 0.25) is 5.95 Å². The van der Waals surface area contributed by atoms with Gasteiger partial charge in [0.25, 0.3) is 5.88 Å². The van der Waals surface area contributed by atoms with Gasteiger partial charge in [-0.25, -0.2) is 9.97 Å². The summed E-state index contributed by atoms with van der Waals surface area (Å²) < 4.78 is 12.0. The molecule has 1 unspecified atom stereocenters. The maximum absolute atomic E-state index is 9.67. The normalized spacial score (nSPS) is 15.4. The van der Waals surface area contributed by atoms with E-state index in [1.165, 1.54) is 12.8 Å². The van der Waals surface area contributed by atoms with Crippen LogP contribution in [-0.4, -0.2) is 45.9 Å². The summed E-state index contributed by atoms with van der Waals surface area (Å²) in [6.07, 6.45) is 4.31. The Morgan fingerprint density at radius 3 is 2.65 bits per heavy atom. The van der Waals surface area contributed by atoms with Crippen molar-refractivity contribution in [1.82, 2.24) is 15.0 Å². The fraction of sp³-hybridized carbons (Fsp3) is 0.577. The molecule has 34 heavy (non-hydrogen) atoms. The van der Waals surface area contributed by atoms with Crippen LogP contribution >= 0.6 is 0 Å². The minimum Gasteiger partial charge on any atom is -0.475 e. The van der Waals surface area contributed by atoms with Gasteiger partial charge in [-0.15, -0.1) is 0 Å². The third kappa shape index (κ3) is 5.60. The number of rotatable bonds is 12. The third-order valence-corrected chi connectivity index (χ3v) is 6.37. The van der Waals surface area contributed by atoms with Crippen molar-refractivity contribution in [1.29, 1.82) is 0 Å². The molecule has 0 bridgehead atoms. The van der Waals surface area contributed by atoms with Crippen molar-refractivity contribution in [2.45, 2.75) is 66.3 Å². The number of aryl methyl sites for hydroxylation is 2. The molecule has 0 aliphatic heterocycles. The molecule has 3 aromatic heterocycles. The number of anilines is 2. The van der Waals surface area contributed by atoms with Crippen molar-refractivity contribution in [3.8, 4) is 17.2 Å². The summed E-state index contributed by atoms with van der Waals surface area (Å²) in [5, 5.41) is 17.6. The fourth-order valence-electron chi connectivity index (χ4n) is 4.28. The molecule has 0 radical (unpaired) electrons. The van der Waals surface area contributed by atoms with E-state index in [1.54, 1.807) is 0 Å². The van der Waals surface area contributed by atoms with Gasteiger partial charge in [-0.05, 0) is 70.9 Å². The predicted molar refractivity (Wildman–Crippen MR) is 135 cm³/mol. The Morgan fingerprint density at radius 2 is 1.97 bits per heavy atom. The van der Waals surface area contributed by atoms with Crippen molar-refractivity contribution in [2.24, 2.45) is 11.8 Å². The highest BCUT2D eigenvalue weighted by Gasteiger charge is 2.24. The lowest BCUT2D eigenvalue weighted by molar-refractivity contribution is 0.211. The predicted octanol–water partition coefficient (Wildman–Crippen LogP) is 5.33. The van der Waals surface area contributed by atoms with Crippen molar-refractivity contribution in [3.63, 3.8) is 0 Å². The number of furan rings is 1. The van der Waals surface area contributed by atoms with E-state index in [4.69, 9.17) is 19.1 Å². The zero-order valence-corrected chi connectivity index (χ0v) is 20.9. The number of fused-ring (bicyclic) bond motifs is 1. The number of aliphatic hydroxyl groups excluding tert-OH is 1. The summed E-state index contributed by atoms with van der Waals surface area (Å²) >= 11 is 0. The van der Waals surface area contributed by atoms with Gasteiger partial charge < -0.3 is 24.9 Å². The second-order valence-corrected chi connectivity index (χ2v) is 9.45. The third-order valence-electron chi connectivity index (χ3n) is 6.37. The van der Waals surface area contributed by atoms with Crippen LogP contribution in [0.15, 0.2) is 16.5 Å². The van der Waals surface area contributed by atoms with Crippen LogP contribution < -0.4 is 15.4 Å². The first kappa shape index (κ1) is 24.3. The summed E-state index contributed by atoms with van der Waals surface area (Å²) in [7, 11) is 0. The van der Waals surface area contributed by atoms with E-state index in [-0.39, 0.29) is 18.6 Å². The molecule has 3 heterocycles. The van der Waals surface area contributed by atoms with Crippen LogP contribution in [-0.2, 0) is 0 Å². The van der Waals surface area contributed by atoms with E-state index < -0.39 is 0 Å². The Labute approximate surface area is 201 Å². The van der Waals surface area contributed by atoms with Crippen LogP contribution in [0, 0.1) is 25.7 Å². The standard InChI is InChI=1S/C26H37N5O3/c1-6-18(14-32)10-15(3)28-24-22(17(5)30-26(31-24)27-13-19-8-9-19)21-12-20-11-16(4)29-25(33-7-2)23(20)34-21/h11-12,15,18-19,32H,6-10,13-14H2,1-5H3,(H2,27,28,30,31)/t15?,18-/m1/s1. The number of aliphatic hydroxyl groups is 1. The summed E-state index contributed by atoms with van der Waals surface area (Å²) in [6, 6.07) is 4.12. The second-order valence-electron chi connectivity index (χ2n) is 9.45. The number of nitrogens with one attached hydrogen (secondary N) is 2. The lowest BCUT2D eigenvalue weighted by atomic mass is 9.99. The molecule has 1 aliphatic rings. The summed E-state index contributed by atoms with van der Waals surface area (Å²) in [5.41, 5.74) is 3.16. The lowest BCUT2D eigenvalue weighted by Crippen LogP contribution is -2.23. The van der Waals surface area contributed by atoms with Gasteiger partial charge in [-0.2, -0.15) is 4.98 Å². The van der Waals surface area contributed by atoms with Crippen molar-refractivity contribution < 1.29 is 14.3 Å². The lowest BCUT2D eigenvalue weighted by Gasteiger charge is -2.21. The molecular weight excluding hydrogens is 430 g/mol. The topological polar surface area (TPSA) is 105 Å². The fourth-order valence-corrected chi connectivity index (χ4v) is 4.28. The Balaban J connectivity index is 1.73. The molecular formula is C26H37N5O3. The van der Waals surface area contributed by atoms with E-state index in [0.29, 0.717) is 29.8 Å². The average Bonchev–Trinajstić information content (AvgIpc) is 3.54. The zero-order chi connectivity index (χ0) is 24.2. The van der Waals surface area contributed by atoms with Crippen LogP contribution in [0.3, 0.4) is 0 Å². The monoisotopic (exact) mass is 467 g/mol. The molecule has 0 saturated heterocycles. The van der Waals surface area contributed by atoms with Gasteiger partial charge in [0.05, 0.1) is 17.9 Å². The van der Waals surface area contributed by atoms with Crippen LogP contribution in [0.5, 0.6) is 5.88 Å². The van der Waals surface area contributed by atoms with Gasteiger partial charge >= 0.3 is 0 Å². The number of hydrogen-bond acceptors (Lipinski definition) is 8. The Hall–Kier alpha value is -2.87. The maximum Gasteiger partial charge on any atom is 0.258 e. The smallest absolute Gasteiger partial charge is 0.258 e. The second kappa shape index (κ2) is 10.6. The summed E-state index contributed by atoms with van der Waals surface area (Å²) in [6.45, 7) is 11.7. The highest BCUT2D eigenvalue weighted by molar-refractivity contribution is 5.89. The molecule has 0 spiro atoms. The molecule has 8 nitrogen and oxygen atoms in total. The summed E-state index contributed by atoms with van der Waals surface area (Å²) in [4.78, 5) is 14.1. The minimum absolute atomic E-state index is 0.119. The van der Waals surface area contributed by atoms with Crippen LogP contribution in [0.2, 0.25) is 0 Å². The maximum atomic E-state index is 9.67. The first-order valence-corrected chi connectivity index (χ1v) is 12.5. The van der Waals surface area contributed by atoms with Crippen molar-refractivity contribution in [2.75, 3.05) is 30.4 Å². The number of nitrogens with zero attached hydrogens (tertiary/aromatic N) is 3. The van der Waals surface area contributed by atoms with Gasteiger partial charge in [-0.1, -0.05) is 13.3 Å². The molecule has 8 heteroatoms. The molecule has 1 aliphatic carbocycles. The molecule has 1 fully saturated rings. The Morgan fingerprint density at radius 1 is 1.18 bits per heavy atom. The quantitative estimate of drug-likeness (QED) is 0.328. The van der Waals surface area contributed by atoms with Crippen molar-refractivity contribution in [3.05, 3.63) is 23.5 Å². The first-order chi connectivity index (χ1) is 16.4. The SMILES string of the molecule is CCOc1nc(C)cc2cc(-c3c(C)nc(NCC4CC4)nc3NC(C)C[C@@H](CC)CO)oc12. The minimum atomic E-state index is 0.119. The largest absolute Gasteiger partial charge is 0.475 e. The van der Waals surface area contributed by atoms with Gasteiger partial charge in [0.15, 0.2) is 5.58 Å². The molecule has 184 valence electrons. The number of aromatic nitrogens is 3. The molecule has 0 amide bonds. The molecule has 3 aromatic rings.